The molecule has 0 unspecified atom stereocenters. The van der Waals surface area contributed by atoms with Crippen LogP contribution in [0, 0.1) is 11.3 Å². The molecule has 0 radical (unpaired) electrons. The van der Waals surface area contributed by atoms with Crippen LogP contribution in [0.2, 0.25) is 0 Å². The lowest BCUT2D eigenvalue weighted by atomic mass is 10.1. The van der Waals surface area contributed by atoms with E-state index in [1.54, 1.807) is 24.3 Å². The Kier molecular flexibility index (Phi) is 6.37. The molecule has 0 aliphatic rings. The smallest absolute Gasteiger partial charge is 0.211 e. The van der Waals surface area contributed by atoms with E-state index in [1.165, 1.54) is 6.21 Å². The van der Waals surface area contributed by atoms with Crippen molar-refractivity contribution in [2.75, 3.05) is 6.61 Å². The van der Waals surface area contributed by atoms with E-state index in [1.807, 2.05) is 25.1 Å². The summed E-state index contributed by atoms with van der Waals surface area (Å²) < 4.78 is 11.4. The fraction of sp³-hybridized carbons (Fsp3) is 0.167. The Labute approximate surface area is 146 Å². The number of nitrogens with two attached hydrogens (primary N) is 2. The molecule has 4 N–H and O–H groups in total. The Bertz CT molecular complexity index is 820. The van der Waals surface area contributed by atoms with Crippen molar-refractivity contribution in [3.63, 3.8) is 0 Å². The van der Waals surface area contributed by atoms with Crippen molar-refractivity contribution in [1.29, 1.82) is 5.26 Å². The van der Waals surface area contributed by atoms with E-state index in [2.05, 4.69) is 16.3 Å². The largest absolute Gasteiger partial charge is 0.490 e. The van der Waals surface area contributed by atoms with Crippen molar-refractivity contribution < 1.29 is 9.47 Å². The molecule has 0 amide bonds. The lowest BCUT2D eigenvalue weighted by Gasteiger charge is -2.13. The van der Waals surface area contributed by atoms with Crippen LogP contribution in [0.15, 0.2) is 52.7 Å². The summed E-state index contributed by atoms with van der Waals surface area (Å²) in [5, 5.41) is 16.5. The van der Waals surface area contributed by atoms with Gasteiger partial charge in [-0.3, -0.25) is 0 Å². The van der Waals surface area contributed by atoms with E-state index in [0.29, 0.717) is 23.7 Å². The maximum Gasteiger partial charge on any atom is 0.211 e. The summed E-state index contributed by atoms with van der Waals surface area (Å²) >= 11 is 0. The Morgan fingerprint density at radius 1 is 1.16 bits per heavy atom. The number of guanidine groups is 1. The molecule has 7 nitrogen and oxygen atoms in total. The molecule has 25 heavy (non-hydrogen) atoms. The highest BCUT2D eigenvalue weighted by atomic mass is 16.5. The fourth-order valence-corrected chi connectivity index (χ4v) is 2.07. The van der Waals surface area contributed by atoms with Crippen molar-refractivity contribution in [3.05, 3.63) is 59.2 Å². The summed E-state index contributed by atoms with van der Waals surface area (Å²) in [5.74, 6) is 1.04. The Morgan fingerprint density at radius 3 is 2.68 bits per heavy atom. The van der Waals surface area contributed by atoms with Crippen LogP contribution in [0.3, 0.4) is 0 Å². The molecule has 0 saturated heterocycles. The molecule has 7 heteroatoms. The van der Waals surface area contributed by atoms with Crippen LogP contribution in [0.1, 0.15) is 23.6 Å². The maximum absolute atomic E-state index is 9.14. The van der Waals surface area contributed by atoms with Gasteiger partial charge in [0.25, 0.3) is 0 Å². The van der Waals surface area contributed by atoms with Gasteiger partial charge in [-0.05, 0) is 36.8 Å². The van der Waals surface area contributed by atoms with Gasteiger partial charge in [-0.1, -0.05) is 18.2 Å². The zero-order valence-corrected chi connectivity index (χ0v) is 13.8. The predicted octanol–water partition coefficient (Wildman–Crippen LogP) is 2.14. The maximum atomic E-state index is 9.14. The van der Waals surface area contributed by atoms with E-state index >= 15 is 0 Å². The first-order valence-electron chi connectivity index (χ1n) is 7.63. The van der Waals surface area contributed by atoms with Gasteiger partial charge in [-0.15, -0.1) is 5.10 Å². The third-order valence-corrected chi connectivity index (χ3v) is 3.17. The van der Waals surface area contributed by atoms with E-state index in [-0.39, 0.29) is 12.6 Å². The highest BCUT2D eigenvalue weighted by molar-refractivity contribution is 5.82. The summed E-state index contributed by atoms with van der Waals surface area (Å²) in [6.45, 7) is 2.64. The first kappa shape index (κ1) is 17.8. The zero-order chi connectivity index (χ0) is 18.1. The lowest BCUT2D eigenvalue weighted by Crippen LogP contribution is -2.21. The molecular weight excluding hydrogens is 318 g/mol. The third-order valence-electron chi connectivity index (χ3n) is 3.17. The minimum Gasteiger partial charge on any atom is -0.490 e. The summed E-state index contributed by atoms with van der Waals surface area (Å²) in [6.07, 6.45) is 1.51. The van der Waals surface area contributed by atoms with Gasteiger partial charge in [0.15, 0.2) is 11.5 Å². The molecule has 0 heterocycles. The summed E-state index contributed by atoms with van der Waals surface area (Å²) in [7, 11) is 0. The van der Waals surface area contributed by atoms with Crippen LogP contribution in [-0.4, -0.2) is 18.8 Å². The van der Waals surface area contributed by atoms with Crippen molar-refractivity contribution in [2.24, 2.45) is 21.7 Å². The summed E-state index contributed by atoms with van der Waals surface area (Å²) in [6, 6.07) is 14.8. The van der Waals surface area contributed by atoms with Crippen molar-refractivity contribution in [1.82, 2.24) is 0 Å². The highest BCUT2D eigenvalue weighted by Gasteiger charge is 2.08. The van der Waals surface area contributed by atoms with Crippen LogP contribution in [0.5, 0.6) is 11.5 Å². The molecule has 2 aromatic carbocycles. The Balaban J connectivity index is 2.18. The van der Waals surface area contributed by atoms with Crippen LogP contribution in [0.4, 0.5) is 0 Å². The second kappa shape index (κ2) is 8.93. The number of benzene rings is 2. The van der Waals surface area contributed by atoms with Crippen molar-refractivity contribution in [3.8, 4) is 17.6 Å². The SMILES string of the molecule is CCOc1cc(/C=N\N=C(N)N)ccc1OCc1ccccc1C#N. The third kappa shape index (κ3) is 5.25. The summed E-state index contributed by atoms with van der Waals surface area (Å²) in [4.78, 5) is 0. The monoisotopic (exact) mass is 337 g/mol. The topological polar surface area (TPSA) is 119 Å². The van der Waals surface area contributed by atoms with Crippen molar-refractivity contribution >= 4 is 12.2 Å². The quantitative estimate of drug-likeness (QED) is 0.456. The average molecular weight is 337 g/mol. The van der Waals surface area contributed by atoms with Gasteiger partial charge >= 0.3 is 0 Å². The van der Waals surface area contributed by atoms with Gasteiger partial charge in [-0.25, -0.2) is 0 Å². The first-order chi connectivity index (χ1) is 12.1. The second-order valence-electron chi connectivity index (χ2n) is 4.97. The molecule has 2 aromatic rings. The Morgan fingerprint density at radius 2 is 1.96 bits per heavy atom. The molecule has 0 spiro atoms. The molecule has 0 aliphatic carbocycles. The second-order valence-corrected chi connectivity index (χ2v) is 4.97. The van der Waals surface area contributed by atoms with E-state index < -0.39 is 0 Å². The standard InChI is InChI=1S/C18H19N5O2/c1-2-24-17-9-13(11-22-23-18(20)21)7-8-16(17)25-12-15-6-4-3-5-14(15)10-19/h3-9,11H,2,12H2,1H3,(H4,20,21,23)/b22-11-. The number of ether oxygens (including phenoxy) is 2. The van der Waals surface area contributed by atoms with Crippen LogP contribution in [-0.2, 0) is 6.61 Å². The van der Waals surface area contributed by atoms with Crippen molar-refractivity contribution in [2.45, 2.75) is 13.5 Å². The molecule has 0 aliphatic heterocycles. The number of nitriles is 1. The zero-order valence-electron chi connectivity index (χ0n) is 13.8. The number of hydrogen-bond acceptors (Lipinski definition) is 5. The molecule has 2 rings (SSSR count). The number of rotatable bonds is 7. The fourth-order valence-electron chi connectivity index (χ4n) is 2.07. The molecule has 0 atom stereocenters. The van der Waals surface area contributed by atoms with Gasteiger partial charge < -0.3 is 20.9 Å². The van der Waals surface area contributed by atoms with Crippen LogP contribution >= 0.6 is 0 Å². The normalized spacial score (nSPS) is 10.2. The van der Waals surface area contributed by atoms with Gasteiger partial charge in [0.1, 0.15) is 6.61 Å². The van der Waals surface area contributed by atoms with E-state index in [0.717, 1.165) is 11.1 Å². The van der Waals surface area contributed by atoms with E-state index in [4.69, 9.17) is 26.2 Å². The molecule has 0 fully saturated rings. The van der Waals surface area contributed by atoms with Gasteiger partial charge in [0.05, 0.1) is 24.5 Å². The van der Waals surface area contributed by atoms with E-state index in [9.17, 15) is 0 Å². The summed E-state index contributed by atoms with van der Waals surface area (Å²) in [5.41, 5.74) is 12.6. The average Bonchev–Trinajstić information content (AvgIpc) is 2.61. The Hall–Kier alpha value is -3.53. The van der Waals surface area contributed by atoms with Crippen LogP contribution < -0.4 is 20.9 Å². The molecule has 0 aromatic heterocycles. The predicted molar refractivity (Wildman–Crippen MR) is 96.5 cm³/mol. The number of hydrogen-bond donors (Lipinski definition) is 2. The molecular formula is C18H19N5O2. The van der Waals surface area contributed by atoms with Gasteiger partial charge in [0, 0.05) is 5.56 Å². The highest BCUT2D eigenvalue weighted by Crippen LogP contribution is 2.29. The van der Waals surface area contributed by atoms with Gasteiger partial charge in [-0.2, -0.15) is 10.4 Å². The number of nitrogens with zero attached hydrogens (tertiary/aromatic N) is 3. The van der Waals surface area contributed by atoms with Gasteiger partial charge in [0.2, 0.25) is 5.96 Å². The molecule has 128 valence electrons. The molecule has 0 saturated carbocycles. The minimum absolute atomic E-state index is 0.114. The first-order valence-corrected chi connectivity index (χ1v) is 7.63. The minimum atomic E-state index is -0.114. The lowest BCUT2D eigenvalue weighted by molar-refractivity contribution is 0.269. The van der Waals surface area contributed by atoms with Crippen LogP contribution in [0.25, 0.3) is 0 Å². The molecule has 0 bridgehead atoms.